The first kappa shape index (κ1) is 18.2. The van der Waals surface area contributed by atoms with Gasteiger partial charge in [-0.25, -0.2) is 0 Å². The maximum absolute atomic E-state index is 2.33. The van der Waals surface area contributed by atoms with Crippen molar-refractivity contribution in [3.05, 3.63) is 113 Å². The first-order valence-corrected chi connectivity index (χ1v) is 12.3. The highest BCUT2D eigenvalue weighted by molar-refractivity contribution is 7.95. The van der Waals surface area contributed by atoms with Crippen LogP contribution in [-0.2, 0) is 6.42 Å². The molecule has 4 aromatic rings. The van der Waals surface area contributed by atoms with Gasteiger partial charge in [-0.05, 0) is 60.7 Å². The first-order valence-electron chi connectivity index (χ1n) is 9.47. The Morgan fingerprint density at radius 3 is 1.44 bits per heavy atom. The van der Waals surface area contributed by atoms with E-state index < -0.39 is 7.26 Å². The minimum Gasteiger partial charge on any atom is -0.149 e. The van der Waals surface area contributed by atoms with Crippen LogP contribution in [0.4, 0.5) is 0 Å². The zero-order valence-corrected chi connectivity index (χ0v) is 17.1. The van der Waals surface area contributed by atoms with Gasteiger partial charge in [0.25, 0.3) is 0 Å². The quantitative estimate of drug-likeness (QED) is 0.358. The predicted molar refractivity (Wildman–Crippen MR) is 123 cm³/mol. The average Bonchev–Trinajstić information content (AvgIpc) is 3.27. The van der Waals surface area contributed by atoms with E-state index in [9.17, 15) is 0 Å². The van der Waals surface area contributed by atoms with Gasteiger partial charge in [0.1, 0.15) is 23.2 Å². The van der Waals surface area contributed by atoms with E-state index in [-0.39, 0.29) is 0 Å². The van der Waals surface area contributed by atoms with Crippen LogP contribution in [0.2, 0.25) is 0 Å². The summed E-state index contributed by atoms with van der Waals surface area (Å²) in [5.74, 6) is 0. The van der Waals surface area contributed by atoms with Crippen LogP contribution < -0.4 is 15.9 Å². The predicted octanol–water partition coefficient (Wildman–Crippen LogP) is 5.67. The van der Waals surface area contributed by atoms with Gasteiger partial charge in [-0.3, -0.25) is 0 Å². The lowest BCUT2D eigenvalue weighted by molar-refractivity contribution is 0.946. The third kappa shape index (κ3) is 3.90. The standard InChI is InChI=1S/C25H24PS/c1-4-12-22(13-5-1)26(23-14-6-2-7-15-23,24-16-8-3-9-17-24)20-10-18-25-19-11-21-27-25/h1-9,11-17,19,21H,10,18,20H2/q+1. The van der Waals surface area contributed by atoms with Crippen molar-refractivity contribution in [2.45, 2.75) is 12.8 Å². The number of thiophene rings is 1. The molecule has 0 N–H and O–H groups in total. The van der Waals surface area contributed by atoms with E-state index in [2.05, 4.69) is 109 Å². The lowest BCUT2D eigenvalue weighted by atomic mass is 10.3. The fourth-order valence-electron chi connectivity index (χ4n) is 3.83. The third-order valence-electron chi connectivity index (χ3n) is 5.09. The molecule has 0 bridgehead atoms. The molecule has 0 unspecified atom stereocenters. The third-order valence-corrected chi connectivity index (χ3v) is 10.5. The van der Waals surface area contributed by atoms with Crippen molar-refractivity contribution in [3.8, 4) is 0 Å². The van der Waals surface area contributed by atoms with Crippen LogP contribution >= 0.6 is 18.6 Å². The van der Waals surface area contributed by atoms with Crippen LogP contribution in [0.25, 0.3) is 0 Å². The maximum Gasteiger partial charge on any atom is 0.112 e. The molecule has 0 aliphatic carbocycles. The fraction of sp³-hybridized carbons (Fsp3) is 0.120. The molecule has 0 radical (unpaired) electrons. The molecule has 0 saturated heterocycles. The molecule has 0 atom stereocenters. The van der Waals surface area contributed by atoms with Crippen molar-refractivity contribution in [2.75, 3.05) is 6.16 Å². The van der Waals surface area contributed by atoms with E-state index >= 15 is 0 Å². The molecule has 0 aliphatic heterocycles. The van der Waals surface area contributed by atoms with Crippen molar-refractivity contribution in [3.63, 3.8) is 0 Å². The Kier molecular flexibility index (Phi) is 5.82. The minimum absolute atomic E-state index is 1.16. The van der Waals surface area contributed by atoms with Crippen LogP contribution in [0.5, 0.6) is 0 Å². The summed E-state index contributed by atoms with van der Waals surface area (Å²) in [4.78, 5) is 1.49. The lowest BCUT2D eigenvalue weighted by Crippen LogP contribution is -2.33. The van der Waals surface area contributed by atoms with E-state index in [1.807, 2.05) is 11.3 Å². The molecular weight excluding hydrogens is 363 g/mol. The van der Waals surface area contributed by atoms with E-state index in [0.29, 0.717) is 0 Å². The van der Waals surface area contributed by atoms with Crippen molar-refractivity contribution < 1.29 is 0 Å². The Balaban J connectivity index is 1.81. The molecule has 0 fully saturated rings. The second-order valence-electron chi connectivity index (χ2n) is 6.72. The van der Waals surface area contributed by atoms with E-state index in [1.165, 1.54) is 33.4 Å². The van der Waals surface area contributed by atoms with E-state index in [0.717, 1.165) is 6.42 Å². The Hall–Kier alpha value is -2.21. The zero-order valence-electron chi connectivity index (χ0n) is 15.4. The van der Waals surface area contributed by atoms with Gasteiger partial charge in [0, 0.05) is 4.88 Å². The van der Waals surface area contributed by atoms with Gasteiger partial charge in [0.15, 0.2) is 0 Å². The number of hydrogen-bond acceptors (Lipinski definition) is 1. The highest BCUT2D eigenvalue weighted by atomic mass is 32.1. The van der Waals surface area contributed by atoms with Crippen molar-refractivity contribution >= 4 is 34.5 Å². The summed E-state index contributed by atoms with van der Waals surface area (Å²) in [5.41, 5.74) is 0. The lowest BCUT2D eigenvalue weighted by Gasteiger charge is -2.27. The van der Waals surface area contributed by atoms with Crippen molar-refractivity contribution in [2.24, 2.45) is 0 Å². The summed E-state index contributed by atoms with van der Waals surface area (Å²) in [6, 6.07) is 37.9. The van der Waals surface area contributed by atoms with E-state index in [4.69, 9.17) is 0 Å². The SMILES string of the molecule is c1ccc([P+](CCCc2cccs2)(c2ccccc2)c2ccccc2)cc1. The Morgan fingerprint density at radius 1 is 0.556 bits per heavy atom. The number of rotatable bonds is 7. The molecular formula is C25H24PS+. The summed E-state index contributed by atoms with van der Waals surface area (Å²) in [5, 5.41) is 6.62. The summed E-state index contributed by atoms with van der Waals surface area (Å²) in [6.45, 7) is 0. The molecule has 2 heteroatoms. The van der Waals surface area contributed by atoms with Crippen molar-refractivity contribution in [1.82, 2.24) is 0 Å². The number of hydrogen-bond donors (Lipinski definition) is 0. The smallest absolute Gasteiger partial charge is 0.112 e. The Bertz CT molecular complexity index is 835. The van der Waals surface area contributed by atoms with Crippen LogP contribution in [0.3, 0.4) is 0 Å². The molecule has 1 heterocycles. The molecule has 3 aromatic carbocycles. The molecule has 1 aromatic heterocycles. The van der Waals surface area contributed by atoms with Gasteiger partial charge in [-0.1, -0.05) is 60.7 Å². The molecule has 0 nitrogen and oxygen atoms in total. The van der Waals surface area contributed by atoms with Crippen molar-refractivity contribution in [1.29, 1.82) is 0 Å². The number of benzene rings is 3. The van der Waals surface area contributed by atoms with Crippen LogP contribution in [0.15, 0.2) is 109 Å². The van der Waals surface area contributed by atoms with Gasteiger partial charge in [0.2, 0.25) is 0 Å². The summed E-state index contributed by atoms with van der Waals surface area (Å²) < 4.78 is 0. The van der Waals surface area contributed by atoms with Crippen LogP contribution in [0, 0.1) is 0 Å². The monoisotopic (exact) mass is 387 g/mol. The zero-order chi connectivity index (χ0) is 18.4. The molecule has 0 aliphatic rings. The van der Waals surface area contributed by atoms with Gasteiger partial charge in [0.05, 0.1) is 6.16 Å². The van der Waals surface area contributed by atoms with Gasteiger partial charge in [-0.15, -0.1) is 11.3 Å². The maximum atomic E-state index is 2.33. The first-order chi connectivity index (χ1) is 13.4. The van der Waals surface area contributed by atoms with Gasteiger partial charge >= 0.3 is 0 Å². The molecule has 0 amide bonds. The minimum atomic E-state index is -1.67. The number of aryl methyl sites for hydroxylation is 1. The second-order valence-corrected chi connectivity index (χ2v) is 11.4. The highest BCUT2D eigenvalue weighted by Gasteiger charge is 2.44. The van der Waals surface area contributed by atoms with Gasteiger partial charge < -0.3 is 0 Å². The molecule has 27 heavy (non-hydrogen) atoms. The Labute approximate surface area is 166 Å². The topological polar surface area (TPSA) is 0 Å². The summed E-state index contributed by atoms with van der Waals surface area (Å²) in [6.07, 6.45) is 3.56. The second kappa shape index (κ2) is 8.65. The summed E-state index contributed by atoms with van der Waals surface area (Å²) >= 11 is 1.87. The van der Waals surface area contributed by atoms with Crippen LogP contribution in [-0.4, -0.2) is 6.16 Å². The average molecular weight is 388 g/mol. The van der Waals surface area contributed by atoms with Gasteiger partial charge in [-0.2, -0.15) is 0 Å². The molecule has 4 rings (SSSR count). The molecule has 0 saturated carbocycles. The fourth-order valence-corrected chi connectivity index (χ4v) is 8.92. The van der Waals surface area contributed by atoms with Crippen LogP contribution in [0.1, 0.15) is 11.3 Å². The Morgan fingerprint density at radius 2 is 1.04 bits per heavy atom. The highest BCUT2D eigenvalue weighted by Crippen LogP contribution is 2.55. The molecule has 0 spiro atoms. The largest absolute Gasteiger partial charge is 0.149 e. The summed E-state index contributed by atoms with van der Waals surface area (Å²) in [7, 11) is -1.67. The molecule has 134 valence electrons. The van der Waals surface area contributed by atoms with E-state index in [1.54, 1.807) is 0 Å². The normalized spacial score (nSPS) is 11.4.